The second-order valence-electron chi connectivity index (χ2n) is 0.552. The summed E-state index contributed by atoms with van der Waals surface area (Å²) in [6.45, 7) is 2.66. The molecule has 0 fully saturated rings. The van der Waals surface area contributed by atoms with Crippen LogP contribution in [0.2, 0.25) is 0 Å². The molecule has 0 bridgehead atoms. The summed E-state index contributed by atoms with van der Waals surface area (Å²) < 4.78 is 4.15. The van der Waals surface area contributed by atoms with Crippen molar-refractivity contribution in [2.24, 2.45) is 0 Å². The number of hydrogen-bond acceptors (Lipinski definition) is 2. The first-order valence-corrected chi connectivity index (χ1v) is 1.47. The minimum Gasteiger partial charge on any atom is -0.468 e. The van der Waals surface area contributed by atoms with E-state index in [0.717, 1.165) is 0 Å². The smallest absolute Gasteiger partial charge is 0.293 e. The van der Waals surface area contributed by atoms with E-state index in [1.165, 1.54) is 0 Å². The Kier molecular flexibility index (Phi) is 3.10. The van der Waals surface area contributed by atoms with E-state index in [1.807, 2.05) is 0 Å². The molecular formula is C3H6O2. The Labute approximate surface area is 30.7 Å². The quantitative estimate of drug-likeness (QED) is 0.444. The van der Waals surface area contributed by atoms with Crippen molar-refractivity contribution in [2.75, 3.05) is 6.61 Å². The molecule has 2 heteroatoms. The summed E-state index contributed by atoms with van der Waals surface area (Å²) in [4.78, 5) is 9.18. The minimum absolute atomic E-state index is 0.431. The summed E-state index contributed by atoms with van der Waals surface area (Å²) in [5.41, 5.74) is 0. The second-order valence-corrected chi connectivity index (χ2v) is 0.552. The maximum Gasteiger partial charge on any atom is 0.293 e. The molecule has 0 unspecified atom stereocenters. The molecule has 0 aliphatic carbocycles. The number of carbonyl (C=O) groups is 1. The normalized spacial score (nSPS) is 6.60. The highest BCUT2D eigenvalue weighted by atomic mass is 20.4. The molecule has 0 saturated carbocycles. The highest BCUT2D eigenvalue weighted by Crippen LogP contribution is 1.55. The topological polar surface area (TPSA) is 26.3 Å². The van der Waals surface area contributed by atoms with Crippen LogP contribution in [0.25, 0.3) is 0 Å². The molecule has 0 amide bonds. The Morgan fingerprint density at radius 2 is 2.60 bits per heavy atom. The van der Waals surface area contributed by atoms with Crippen molar-refractivity contribution in [3.63, 3.8) is 0 Å². The Morgan fingerprint density at radius 3 is 2.60 bits per heavy atom. The average molecular weight is 82.1 g/mol. The van der Waals surface area contributed by atoms with Gasteiger partial charge in [-0.15, -0.1) is 0 Å². The van der Waals surface area contributed by atoms with E-state index in [2.05, 4.69) is 4.74 Å². The Balaban J connectivity index is 2.40. The van der Waals surface area contributed by atoms with Crippen LogP contribution in [-0.2, 0) is 9.53 Å². The van der Waals surface area contributed by atoms with Gasteiger partial charge in [0.15, 0.2) is 0 Å². The van der Waals surface area contributed by atoms with E-state index in [1.54, 1.807) is 6.92 Å². The molecule has 0 atom stereocenters. The number of carbonyl (C=O) groups excluding carboxylic acids is 1. The molecule has 0 heterocycles. The van der Waals surface area contributed by atoms with Crippen LogP contribution in [0.1, 0.15) is 6.92 Å². The van der Waals surface area contributed by atoms with Crippen LogP contribution < -0.4 is 0 Å². The van der Waals surface area contributed by atoms with Crippen LogP contribution in [0.3, 0.4) is 0 Å². The summed E-state index contributed by atoms with van der Waals surface area (Å²) in [5.74, 6) is 0. The van der Waals surface area contributed by atoms with Crippen LogP contribution in [0.4, 0.5) is 0 Å². The van der Waals surface area contributed by atoms with Gasteiger partial charge >= 0.3 is 0 Å². The summed E-state index contributed by atoms with van der Waals surface area (Å²) in [7, 11) is 0. The van der Waals surface area contributed by atoms with Crippen LogP contribution in [0.5, 0.6) is 0 Å². The van der Waals surface area contributed by atoms with Gasteiger partial charge in [-0.1, -0.05) is 0 Å². The third-order valence-electron chi connectivity index (χ3n) is 0.235. The molecule has 0 radical (unpaired) electrons. The Bertz CT molecular complexity index is 26.1. The molecular weight excluding hydrogens is 76.1 g/mol. The zero-order chi connectivity index (χ0) is 4.12. The molecule has 5 heavy (non-hydrogen) atoms. The van der Waals surface area contributed by atoms with Crippen molar-refractivity contribution < 1.29 is 9.53 Å². The Morgan fingerprint density at radius 1 is 2.00 bits per heavy atom. The molecule has 0 aliphatic heterocycles. The summed E-state index contributed by atoms with van der Waals surface area (Å²) in [6.07, 6.45) is 0. The predicted molar refractivity (Wildman–Crippen MR) is 17.7 cm³/mol. The van der Waals surface area contributed by atoms with Gasteiger partial charge in [0.25, 0.3) is 6.47 Å². The molecule has 0 aromatic rings. The van der Waals surface area contributed by atoms with Crippen LogP contribution in [0, 0.1) is 0 Å². The van der Waals surface area contributed by atoms with E-state index in [0.29, 0.717) is 13.1 Å². The van der Waals surface area contributed by atoms with Gasteiger partial charge in [0.2, 0.25) is 0 Å². The van der Waals surface area contributed by atoms with Crippen molar-refractivity contribution in [2.45, 2.75) is 6.92 Å². The summed E-state index contributed by atoms with van der Waals surface area (Å²) >= 11 is 0. The molecule has 30 valence electrons. The van der Waals surface area contributed by atoms with Gasteiger partial charge in [-0.2, -0.15) is 0 Å². The third kappa shape index (κ3) is 3.47. The van der Waals surface area contributed by atoms with Crippen LogP contribution in [-0.4, -0.2) is 13.1 Å². The lowest BCUT2D eigenvalue weighted by Gasteiger charge is -1.79. The number of ether oxygens (including phenoxy) is 1. The molecule has 0 aromatic carbocycles. The molecule has 0 aliphatic rings. The second kappa shape index (κ2) is 3.47. The third-order valence-corrected chi connectivity index (χ3v) is 0.235. The summed E-state index contributed by atoms with van der Waals surface area (Å²) in [6, 6.07) is 0. The molecule has 0 rings (SSSR count). The molecule has 0 spiro atoms. The van der Waals surface area contributed by atoms with Gasteiger partial charge in [0.1, 0.15) is 0 Å². The predicted octanol–water partition coefficient (Wildman–Crippen LogP) is 0.179. The zero-order valence-electron chi connectivity index (χ0n) is 3.10. The zero-order valence-corrected chi connectivity index (χ0v) is 3.10. The number of rotatable bonds is 2. The maximum absolute atomic E-state index is 9.18. The first kappa shape index (κ1) is 4.47. The van der Waals surface area contributed by atoms with E-state index in [-0.39, 0.29) is 0 Å². The minimum atomic E-state index is 0.431. The first-order valence-electron chi connectivity index (χ1n) is 1.47. The maximum atomic E-state index is 9.18. The van der Waals surface area contributed by atoms with E-state index in [4.69, 9.17) is 0 Å². The van der Waals surface area contributed by atoms with Gasteiger partial charge in [-0.05, 0) is 6.92 Å². The summed E-state index contributed by atoms with van der Waals surface area (Å²) in [5, 5.41) is 0. The average Bonchev–Trinajstić information content (AvgIpc) is 1.41. The fourth-order valence-corrected chi connectivity index (χ4v) is 0.0680. The van der Waals surface area contributed by atoms with Gasteiger partial charge in [-0.3, -0.25) is 4.79 Å². The fourth-order valence-electron chi connectivity index (χ4n) is 0.0680. The Hall–Kier alpha value is -0.530. The van der Waals surface area contributed by atoms with Crippen LogP contribution >= 0.6 is 0 Å². The number of hydrogen-bond donors (Lipinski definition) is 0. The lowest BCUT2D eigenvalue weighted by atomic mass is 11.7. The van der Waals surface area contributed by atoms with E-state index < -0.39 is 0 Å². The highest BCUT2D eigenvalue weighted by molar-refractivity contribution is 5.36. The molecule has 2 nitrogen and oxygen atoms in total. The van der Waals surface area contributed by atoms with Crippen LogP contribution in [0.15, 0.2) is 0 Å². The van der Waals surface area contributed by atoms with Gasteiger partial charge < -0.3 is 4.74 Å². The van der Waals surface area contributed by atoms with E-state index >= 15 is 0 Å². The lowest BCUT2D eigenvalue weighted by molar-refractivity contribution is -0.128. The van der Waals surface area contributed by atoms with Gasteiger partial charge in [-0.25, -0.2) is 0 Å². The van der Waals surface area contributed by atoms with Crippen molar-refractivity contribution in [1.29, 1.82) is 0 Å². The highest BCUT2D eigenvalue weighted by Gasteiger charge is 1.60. The van der Waals surface area contributed by atoms with Crippen molar-refractivity contribution in [3.05, 3.63) is 0 Å². The van der Waals surface area contributed by atoms with Crippen molar-refractivity contribution in [1.82, 2.24) is 0 Å². The largest absolute Gasteiger partial charge is 0.468 e. The fraction of sp³-hybridized carbons (Fsp3) is 0.667. The lowest BCUT2D eigenvalue weighted by Crippen LogP contribution is -1.80. The van der Waals surface area contributed by atoms with Crippen molar-refractivity contribution in [3.8, 4) is 0 Å². The molecule has 0 aromatic heterocycles. The van der Waals surface area contributed by atoms with Gasteiger partial charge in [0, 0.05) is 0 Å². The standard InChI is InChI=1S/C3H6O2/c1-2-5-3-4/h3H,2H2,1H3/i2+8. The molecule has 0 saturated heterocycles. The first-order chi connectivity index (χ1) is 2.41. The molecule has 0 N–H and O–H groups in total. The van der Waals surface area contributed by atoms with Crippen molar-refractivity contribution >= 4 is 6.47 Å². The van der Waals surface area contributed by atoms with E-state index in [9.17, 15) is 4.79 Å². The monoisotopic (exact) mass is 82.1 g/mol. The van der Waals surface area contributed by atoms with Gasteiger partial charge in [0.05, 0.1) is 6.61 Å². The SMILES string of the molecule is C[20CH2]OC=O.